The minimum atomic E-state index is -3.21. The van der Waals surface area contributed by atoms with Gasteiger partial charge in [0.1, 0.15) is 0 Å². The highest BCUT2D eigenvalue weighted by Crippen LogP contribution is 2.11. The number of amides is 1. The Morgan fingerprint density at radius 2 is 1.59 bits per heavy atom. The molecule has 94 valence electrons. The highest BCUT2D eigenvalue weighted by atomic mass is 32.2. The number of rotatable bonds is 2. The van der Waals surface area contributed by atoms with Crippen LogP contribution in [-0.4, -0.2) is 26.1 Å². The molecule has 0 saturated heterocycles. The number of nitrogens with one attached hydrogen (secondary N) is 1. The molecular weight excluding hydrogens is 238 g/mol. The summed E-state index contributed by atoms with van der Waals surface area (Å²) in [4.78, 5) is 12.0. The number of hydrogen-bond donors (Lipinski definition) is 1. The zero-order chi connectivity index (χ0) is 13.3. The maximum Gasteiger partial charge on any atom is 0.251 e. The predicted octanol–water partition coefficient (Wildman–Crippen LogP) is 1.62. The normalized spacial score (nSPS) is 12.2. The van der Waals surface area contributed by atoms with Gasteiger partial charge in [0.25, 0.3) is 5.91 Å². The minimum absolute atomic E-state index is 0.211. The number of carbonyl (C=O) groups is 1. The van der Waals surface area contributed by atoms with Crippen LogP contribution in [0.3, 0.4) is 0 Å². The van der Waals surface area contributed by atoms with Gasteiger partial charge in [0.15, 0.2) is 9.84 Å². The van der Waals surface area contributed by atoms with Crippen LogP contribution in [0, 0.1) is 0 Å². The molecule has 0 spiro atoms. The van der Waals surface area contributed by atoms with E-state index in [1.54, 1.807) is 0 Å². The monoisotopic (exact) mass is 255 g/mol. The van der Waals surface area contributed by atoms with Gasteiger partial charge < -0.3 is 5.32 Å². The Labute approximate surface area is 102 Å². The maximum absolute atomic E-state index is 11.8. The first kappa shape index (κ1) is 13.7. The summed E-state index contributed by atoms with van der Waals surface area (Å²) in [5, 5.41) is 2.81. The van der Waals surface area contributed by atoms with Crippen LogP contribution >= 0.6 is 0 Å². The molecule has 17 heavy (non-hydrogen) atoms. The smallest absolute Gasteiger partial charge is 0.251 e. The SMILES string of the molecule is CC(C)(C)NC(=O)c1ccc(S(C)(=O)=O)cc1. The van der Waals surface area contributed by atoms with Crippen molar-refractivity contribution in [3.05, 3.63) is 29.8 Å². The maximum atomic E-state index is 11.8. The van der Waals surface area contributed by atoms with Gasteiger partial charge in [0, 0.05) is 17.4 Å². The van der Waals surface area contributed by atoms with Crippen molar-refractivity contribution in [3.8, 4) is 0 Å². The van der Waals surface area contributed by atoms with Gasteiger partial charge in [-0.15, -0.1) is 0 Å². The van der Waals surface area contributed by atoms with Gasteiger partial charge in [0.05, 0.1) is 4.90 Å². The van der Waals surface area contributed by atoms with Crippen LogP contribution in [0.2, 0.25) is 0 Å². The lowest BCUT2D eigenvalue weighted by Gasteiger charge is -2.20. The van der Waals surface area contributed by atoms with Crippen molar-refractivity contribution in [2.45, 2.75) is 31.2 Å². The Balaban J connectivity index is 2.93. The van der Waals surface area contributed by atoms with Crippen molar-refractivity contribution in [2.24, 2.45) is 0 Å². The lowest BCUT2D eigenvalue weighted by atomic mass is 10.1. The first-order valence-corrected chi connectivity index (χ1v) is 7.11. The van der Waals surface area contributed by atoms with Crippen molar-refractivity contribution >= 4 is 15.7 Å². The Bertz CT molecular complexity index is 510. The van der Waals surface area contributed by atoms with E-state index in [4.69, 9.17) is 0 Å². The Morgan fingerprint density at radius 3 is 1.94 bits per heavy atom. The molecule has 0 aliphatic heterocycles. The first-order valence-electron chi connectivity index (χ1n) is 5.22. The van der Waals surface area contributed by atoms with Crippen LogP contribution in [-0.2, 0) is 9.84 Å². The molecule has 1 aromatic rings. The molecule has 1 amide bonds. The molecule has 4 nitrogen and oxygen atoms in total. The molecule has 0 heterocycles. The summed E-state index contributed by atoms with van der Waals surface area (Å²) in [7, 11) is -3.21. The lowest BCUT2D eigenvalue weighted by molar-refractivity contribution is 0.0919. The van der Waals surface area contributed by atoms with Gasteiger partial charge in [-0.3, -0.25) is 4.79 Å². The van der Waals surface area contributed by atoms with E-state index in [1.165, 1.54) is 24.3 Å². The fraction of sp³-hybridized carbons (Fsp3) is 0.417. The summed E-state index contributed by atoms with van der Waals surface area (Å²) in [6.07, 6.45) is 1.14. The Kier molecular flexibility index (Phi) is 3.62. The summed E-state index contributed by atoms with van der Waals surface area (Å²) in [6.45, 7) is 5.65. The van der Waals surface area contributed by atoms with E-state index in [0.29, 0.717) is 5.56 Å². The largest absolute Gasteiger partial charge is 0.347 e. The second-order valence-electron chi connectivity index (χ2n) is 5.00. The quantitative estimate of drug-likeness (QED) is 0.873. The van der Waals surface area contributed by atoms with Gasteiger partial charge in [-0.2, -0.15) is 0 Å². The zero-order valence-electron chi connectivity index (χ0n) is 10.4. The van der Waals surface area contributed by atoms with E-state index in [0.717, 1.165) is 6.26 Å². The van der Waals surface area contributed by atoms with Crippen LogP contribution in [0.25, 0.3) is 0 Å². The summed E-state index contributed by atoms with van der Waals surface area (Å²) in [5.74, 6) is -0.211. The molecule has 0 radical (unpaired) electrons. The minimum Gasteiger partial charge on any atom is -0.347 e. The summed E-state index contributed by atoms with van der Waals surface area (Å²) in [6, 6.07) is 5.90. The average molecular weight is 255 g/mol. The molecule has 0 unspecified atom stereocenters. The topological polar surface area (TPSA) is 63.2 Å². The summed E-state index contributed by atoms with van der Waals surface area (Å²) in [5.41, 5.74) is 0.138. The highest BCUT2D eigenvalue weighted by molar-refractivity contribution is 7.90. The van der Waals surface area contributed by atoms with Crippen molar-refractivity contribution in [1.29, 1.82) is 0 Å². The van der Waals surface area contributed by atoms with Crippen LogP contribution in [0.1, 0.15) is 31.1 Å². The van der Waals surface area contributed by atoms with Crippen LogP contribution in [0.4, 0.5) is 0 Å². The van der Waals surface area contributed by atoms with E-state index >= 15 is 0 Å². The van der Waals surface area contributed by atoms with E-state index in [2.05, 4.69) is 5.32 Å². The summed E-state index contributed by atoms with van der Waals surface area (Å²) >= 11 is 0. The third-order valence-electron chi connectivity index (χ3n) is 2.03. The number of hydrogen-bond acceptors (Lipinski definition) is 3. The molecule has 0 saturated carbocycles. The molecule has 0 aliphatic carbocycles. The zero-order valence-corrected chi connectivity index (χ0v) is 11.3. The first-order chi connectivity index (χ1) is 7.59. The molecule has 0 aromatic heterocycles. The standard InChI is InChI=1S/C12H17NO3S/c1-12(2,3)13-11(14)9-5-7-10(8-6-9)17(4,15)16/h5-8H,1-4H3,(H,13,14). The van der Waals surface area contributed by atoms with Crippen molar-refractivity contribution in [3.63, 3.8) is 0 Å². The Morgan fingerprint density at radius 1 is 1.12 bits per heavy atom. The molecule has 1 N–H and O–H groups in total. The van der Waals surface area contributed by atoms with E-state index in [-0.39, 0.29) is 16.3 Å². The van der Waals surface area contributed by atoms with Crippen LogP contribution < -0.4 is 5.32 Å². The Hall–Kier alpha value is -1.36. The second kappa shape index (κ2) is 4.49. The number of sulfone groups is 1. The van der Waals surface area contributed by atoms with E-state index in [1.807, 2.05) is 20.8 Å². The highest BCUT2D eigenvalue weighted by Gasteiger charge is 2.15. The van der Waals surface area contributed by atoms with Gasteiger partial charge in [-0.25, -0.2) is 8.42 Å². The third kappa shape index (κ3) is 4.19. The fourth-order valence-corrected chi connectivity index (χ4v) is 1.90. The van der Waals surface area contributed by atoms with Crippen molar-refractivity contribution in [1.82, 2.24) is 5.32 Å². The molecule has 0 atom stereocenters. The molecule has 0 aliphatic rings. The molecule has 1 rings (SSSR count). The van der Waals surface area contributed by atoms with Gasteiger partial charge in [-0.05, 0) is 45.0 Å². The second-order valence-corrected chi connectivity index (χ2v) is 7.02. The van der Waals surface area contributed by atoms with Crippen LogP contribution in [0.5, 0.6) is 0 Å². The fourth-order valence-electron chi connectivity index (χ4n) is 1.27. The predicted molar refractivity (Wildman–Crippen MR) is 66.8 cm³/mol. The van der Waals surface area contributed by atoms with Gasteiger partial charge in [-0.1, -0.05) is 0 Å². The molecule has 5 heteroatoms. The summed E-state index contributed by atoms with van der Waals surface area (Å²) < 4.78 is 22.5. The molecular formula is C12H17NO3S. The third-order valence-corrected chi connectivity index (χ3v) is 3.16. The molecule has 1 aromatic carbocycles. The molecule has 0 bridgehead atoms. The van der Waals surface area contributed by atoms with E-state index in [9.17, 15) is 13.2 Å². The number of benzene rings is 1. The van der Waals surface area contributed by atoms with Gasteiger partial charge >= 0.3 is 0 Å². The number of carbonyl (C=O) groups excluding carboxylic acids is 1. The van der Waals surface area contributed by atoms with Crippen molar-refractivity contribution < 1.29 is 13.2 Å². The van der Waals surface area contributed by atoms with E-state index < -0.39 is 9.84 Å². The van der Waals surface area contributed by atoms with Crippen LogP contribution in [0.15, 0.2) is 29.2 Å². The van der Waals surface area contributed by atoms with Gasteiger partial charge in [0.2, 0.25) is 0 Å². The molecule has 0 fully saturated rings. The average Bonchev–Trinajstić information content (AvgIpc) is 2.14. The van der Waals surface area contributed by atoms with Crippen molar-refractivity contribution in [2.75, 3.05) is 6.26 Å². The lowest BCUT2D eigenvalue weighted by Crippen LogP contribution is -2.40.